The van der Waals surface area contributed by atoms with Gasteiger partial charge >= 0.3 is 0 Å². The molecule has 2 rings (SSSR count). The molecule has 1 aromatic heterocycles. The quantitative estimate of drug-likeness (QED) is 0.685. The minimum Gasteiger partial charge on any atom is -0.267 e. The van der Waals surface area contributed by atoms with Gasteiger partial charge < -0.3 is 0 Å². The Bertz CT molecular complexity index is 474. The van der Waals surface area contributed by atoms with Gasteiger partial charge in [0, 0.05) is 12.4 Å². The Morgan fingerprint density at radius 3 is 2.71 bits per heavy atom. The van der Waals surface area contributed by atoms with Crippen molar-refractivity contribution in [3.05, 3.63) is 29.5 Å². The molecule has 0 amide bonds. The number of alkyl halides is 2. The van der Waals surface area contributed by atoms with Gasteiger partial charge in [0.15, 0.2) is 0 Å². The second-order valence-electron chi connectivity index (χ2n) is 3.33. The van der Waals surface area contributed by atoms with Crippen LogP contribution in [0, 0.1) is 6.92 Å². The molecule has 2 aromatic rings. The molecule has 0 saturated heterocycles. The van der Waals surface area contributed by atoms with Crippen LogP contribution in [0.25, 0.3) is 10.9 Å². The first kappa shape index (κ1) is 9.12. The van der Waals surface area contributed by atoms with Crippen LogP contribution in [0.5, 0.6) is 0 Å². The van der Waals surface area contributed by atoms with Gasteiger partial charge in [-0.05, 0) is 19.1 Å². The van der Waals surface area contributed by atoms with Crippen LogP contribution >= 0.6 is 0 Å². The van der Waals surface area contributed by atoms with E-state index < -0.39 is 6.43 Å². The maximum absolute atomic E-state index is 12.6. The molecule has 0 radical (unpaired) electrons. The number of hydrogen-bond acceptors (Lipinski definition) is 1. The molecule has 2 nitrogen and oxygen atoms in total. The average molecular weight is 196 g/mol. The van der Waals surface area contributed by atoms with Gasteiger partial charge in [0.1, 0.15) is 5.69 Å². The molecule has 0 atom stereocenters. The summed E-state index contributed by atoms with van der Waals surface area (Å²) in [5.74, 6) is 0. The van der Waals surface area contributed by atoms with Crippen molar-refractivity contribution in [3.63, 3.8) is 0 Å². The molecule has 0 spiro atoms. The average Bonchev–Trinajstić information content (AvgIpc) is 2.43. The fourth-order valence-corrected chi connectivity index (χ4v) is 1.57. The zero-order valence-corrected chi connectivity index (χ0v) is 7.96. The van der Waals surface area contributed by atoms with Crippen LogP contribution in [0.1, 0.15) is 17.7 Å². The SMILES string of the molecule is Cc1ccc2c(c1)c(C(F)F)nn2C. The fourth-order valence-electron chi connectivity index (χ4n) is 1.57. The lowest BCUT2D eigenvalue weighted by Gasteiger charge is -1.95. The molecule has 0 aliphatic rings. The lowest BCUT2D eigenvalue weighted by atomic mass is 10.1. The smallest absolute Gasteiger partial charge is 0.267 e. The summed E-state index contributed by atoms with van der Waals surface area (Å²) in [6.45, 7) is 1.88. The fraction of sp³-hybridized carbons (Fsp3) is 0.300. The van der Waals surface area contributed by atoms with Gasteiger partial charge in [0.2, 0.25) is 0 Å². The monoisotopic (exact) mass is 196 g/mol. The molecule has 1 aromatic carbocycles. The van der Waals surface area contributed by atoms with E-state index in [-0.39, 0.29) is 5.69 Å². The predicted octanol–water partition coefficient (Wildman–Crippen LogP) is 2.82. The van der Waals surface area contributed by atoms with Crippen LogP contribution in [-0.4, -0.2) is 9.78 Å². The number of aryl methyl sites for hydroxylation is 2. The number of rotatable bonds is 1. The van der Waals surface area contributed by atoms with Crippen molar-refractivity contribution in [2.75, 3.05) is 0 Å². The van der Waals surface area contributed by atoms with E-state index in [9.17, 15) is 8.78 Å². The van der Waals surface area contributed by atoms with E-state index >= 15 is 0 Å². The molecular formula is C10H10F2N2. The first-order valence-electron chi connectivity index (χ1n) is 4.31. The minimum absolute atomic E-state index is 0.133. The number of halogens is 2. The van der Waals surface area contributed by atoms with Crippen molar-refractivity contribution in [2.45, 2.75) is 13.3 Å². The minimum atomic E-state index is -2.51. The zero-order chi connectivity index (χ0) is 10.3. The summed E-state index contributed by atoms with van der Waals surface area (Å²) in [5.41, 5.74) is 1.57. The summed E-state index contributed by atoms with van der Waals surface area (Å²) in [6, 6.07) is 5.44. The van der Waals surface area contributed by atoms with Crippen LogP contribution in [0.15, 0.2) is 18.2 Å². The number of benzene rings is 1. The molecule has 1 heterocycles. The zero-order valence-electron chi connectivity index (χ0n) is 7.96. The van der Waals surface area contributed by atoms with Crippen LogP contribution in [0.2, 0.25) is 0 Å². The highest BCUT2D eigenvalue weighted by atomic mass is 19.3. The molecule has 14 heavy (non-hydrogen) atoms. The molecule has 0 N–H and O–H groups in total. The Kier molecular flexibility index (Phi) is 1.98. The maximum Gasteiger partial charge on any atom is 0.282 e. The summed E-state index contributed by atoms with van der Waals surface area (Å²) in [6.07, 6.45) is -2.51. The molecule has 0 saturated carbocycles. The highest BCUT2D eigenvalue weighted by Crippen LogP contribution is 2.27. The van der Waals surface area contributed by atoms with E-state index in [1.165, 1.54) is 4.68 Å². The Balaban J connectivity index is 2.79. The van der Waals surface area contributed by atoms with Crippen molar-refractivity contribution >= 4 is 10.9 Å². The van der Waals surface area contributed by atoms with Gasteiger partial charge in [0.05, 0.1) is 5.52 Å². The van der Waals surface area contributed by atoms with E-state index in [1.807, 2.05) is 19.1 Å². The van der Waals surface area contributed by atoms with Crippen molar-refractivity contribution in [2.24, 2.45) is 7.05 Å². The van der Waals surface area contributed by atoms with Gasteiger partial charge in [-0.25, -0.2) is 8.78 Å². The van der Waals surface area contributed by atoms with Crippen molar-refractivity contribution in [1.82, 2.24) is 9.78 Å². The Morgan fingerprint density at radius 1 is 1.36 bits per heavy atom. The summed E-state index contributed by atoms with van der Waals surface area (Å²) in [4.78, 5) is 0. The topological polar surface area (TPSA) is 17.8 Å². The van der Waals surface area contributed by atoms with Crippen molar-refractivity contribution in [1.29, 1.82) is 0 Å². The molecule has 0 unspecified atom stereocenters. The largest absolute Gasteiger partial charge is 0.282 e. The van der Waals surface area contributed by atoms with Gasteiger partial charge in [-0.1, -0.05) is 11.6 Å². The Morgan fingerprint density at radius 2 is 2.07 bits per heavy atom. The van der Waals surface area contributed by atoms with Crippen LogP contribution in [-0.2, 0) is 7.05 Å². The first-order valence-corrected chi connectivity index (χ1v) is 4.31. The number of fused-ring (bicyclic) bond motifs is 1. The number of aromatic nitrogens is 2. The molecular weight excluding hydrogens is 186 g/mol. The Hall–Kier alpha value is -1.45. The summed E-state index contributed by atoms with van der Waals surface area (Å²) >= 11 is 0. The molecule has 74 valence electrons. The van der Waals surface area contributed by atoms with E-state index in [0.717, 1.165) is 11.1 Å². The molecule has 0 aliphatic heterocycles. The summed E-state index contributed by atoms with van der Waals surface area (Å²) in [7, 11) is 1.67. The second-order valence-corrected chi connectivity index (χ2v) is 3.33. The Labute approximate surface area is 80.1 Å². The second kappa shape index (κ2) is 3.04. The molecule has 0 aliphatic carbocycles. The summed E-state index contributed by atoms with van der Waals surface area (Å²) < 4.78 is 26.6. The van der Waals surface area contributed by atoms with Crippen LogP contribution in [0.4, 0.5) is 8.78 Å². The van der Waals surface area contributed by atoms with Gasteiger partial charge in [0.25, 0.3) is 6.43 Å². The normalized spacial score (nSPS) is 11.5. The van der Waals surface area contributed by atoms with E-state index in [0.29, 0.717) is 5.39 Å². The highest BCUT2D eigenvalue weighted by Gasteiger charge is 2.16. The van der Waals surface area contributed by atoms with Crippen molar-refractivity contribution < 1.29 is 8.78 Å². The third-order valence-corrected chi connectivity index (χ3v) is 2.24. The van der Waals surface area contributed by atoms with Crippen LogP contribution < -0.4 is 0 Å². The maximum atomic E-state index is 12.6. The standard InChI is InChI=1S/C10H10F2N2/c1-6-3-4-8-7(5-6)9(10(11)12)13-14(8)2/h3-5,10H,1-2H3. The lowest BCUT2D eigenvalue weighted by Crippen LogP contribution is -1.91. The van der Waals surface area contributed by atoms with Crippen LogP contribution in [0.3, 0.4) is 0 Å². The van der Waals surface area contributed by atoms with Gasteiger partial charge in [-0.3, -0.25) is 4.68 Å². The van der Waals surface area contributed by atoms with Gasteiger partial charge in [-0.15, -0.1) is 0 Å². The molecule has 0 fully saturated rings. The van der Waals surface area contributed by atoms with E-state index in [1.54, 1.807) is 13.1 Å². The lowest BCUT2D eigenvalue weighted by molar-refractivity contribution is 0.147. The number of hydrogen-bond donors (Lipinski definition) is 0. The predicted molar refractivity (Wildman–Crippen MR) is 50.4 cm³/mol. The van der Waals surface area contributed by atoms with Crippen molar-refractivity contribution in [3.8, 4) is 0 Å². The summed E-state index contributed by atoms with van der Waals surface area (Å²) in [5, 5.41) is 4.34. The highest BCUT2D eigenvalue weighted by molar-refractivity contribution is 5.82. The molecule has 0 bridgehead atoms. The van der Waals surface area contributed by atoms with Gasteiger partial charge in [-0.2, -0.15) is 5.10 Å². The first-order chi connectivity index (χ1) is 6.59. The molecule has 4 heteroatoms. The van der Waals surface area contributed by atoms with E-state index in [4.69, 9.17) is 0 Å². The number of nitrogens with zero attached hydrogens (tertiary/aromatic N) is 2. The third kappa shape index (κ3) is 1.27. The van der Waals surface area contributed by atoms with E-state index in [2.05, 4.69) is 5.10 Å². The third-order valence-electron chi connectivity index (χ3n) is 2.24.